The van der Waals surface area contributed by atoms with Gasteiger partial charge in [0.1, 0.15) is 5.41 Å². The first-order valence-corrected chi connectivity index (χ1v) is 6.75. The summed E-state index contributed by atoms with van der Waals surface area (Å²) in [6, 6.07) is 2.16. The minimum absolute atomic E-state index is 0.0541. The summed E-state index contributed by atoms with van der Waals surface area (Å²) < 4.78 is 0. The molecule has 0 spiro atoms. The lowest BCUT2D eigenvalue weighted by atomic mass is 9.79. The van der Waals surface area contributed by atoms with Crippen molar-refractivity contribution in [2.24, 2.45) is 11.1 Å². The molecule has 2 amide bonds. The van der Waals surface area contributed by atoms with Gasteiger partial charge in [-0.15, -0.1) is 0 Å². The summed E-state index contributed by atoms with van der Waals surface area (Å²) >= 11 is 0. The van der Waals surface area contributed by atoms with Crippen molar-refractivity contribution < 1.29 is 9.59 Å². The van der Waals surface area contributed by atoms with E-state index >= 15 is 0 Å². The van der Waals surface area contributed by atoms with Crippen LogP contribution in [0.1, 0.15) is 59.8 Å². The zero-order valence-electron chi connectivity index (χ0n) is 12.4. The van der Waals surface area contributed by atoms with E-state index in [4.69, 9.17) is 5.73 Å². The molecule has 5 nitrogen and oxygen atoms in total. The van der Waals surface area contributed by atoms with E-state index in [-0.39, 0.29) is 12.3 Å². The molecule has 0 aliphatic rings. The molecule has 0 aliphatic carbocycles. The Labute approximate surface area is 115 Å². The molecule has 0 atom stereocenters. The monoisotopic (exact) mass is 267 g/mol. The molecule has 19 heavy (non-hydrogen) atoms. The molecule has 0 aliphatic heterocycles. The Bertz CT molecular complexity index is 363. The predicted octanol–water partition coefficient (Wildman–Crippen LogP) is 1.87. The predicted molar refractivity (Wildman–Crippen MR) is 73.9 cm³/mol. The number of nitrogens with two attached hydrogens (primary N) is 1. The lowest BCUT2D eigenvalue weighted by Crippen LogP contribution is -2.51. The second-order valence-electron chi connectivity index (χ2n) is 5.68. The number of carbonyl (C=O) groups excluding carboxylic acids is 2. The molecule has 0 aromatic carbocycles. The molecule has 0 saturated carbocycles. The summed E-state index contributed by atoms with van der Waals surface area (Å²) in [6.07, 6.45) is 2.62. The van der Waals surface area contributed by atoms with Crippen LogP contribution in [0.25, 0.3) is 0 Å². The van der Waals surface area contributed by atoms with Gasteiger partial charge in [0.15, 0.2) is 0 Å². The number of hydrogen-bond donors (Lipinski definition) is 2. The molecule has 0 aromatic rings. The smallest absolute Gasteiger partial charge is 0.240 e. The van der Waals surface area contributed by atoms with Crippen LogP contribution in [0.5, 0.6) is 0 Å². The topological polar surface area (TPSA) is 96.0 Å². The third-order valence-corrected chi connectivity index (χ3v) is 3.07. The Kier molecular flexibility index (Phi) is 6.54. The maximum atomic E-state index is 12.4. The van der Waals surface area contributed by atoms with Crippen LogP contribution in [0.2, 0.25) is 0 Å². The molecule has 0 bridgehead atoms. The van der Waals surface area contributed by atoms with Gasteiger partial charge < -0.3 is 11.1 Å². The van der Waals surface area contributed by atoms with Gasteiger partial charge in [-0.1, -0.05) is 26.7 Å². The van der Waals surface area contributed by atoms with Crippen molar-refractivity contribution in [3.63, 3.8) is 0 Å². The van der Waals surface area contributed by atoms with Gasteiger partial charge in [0.05, 0.1) is 6.07 Å². The van der Waals surface area contributed by atoms with Gasteiger partial charge in [-0.3, -0.25) is 9.59 Å². The molecular weight excluding hydrogens is 242 g/mol. The zero-order valence-corrected chi connectivity index (χ0v) is 12.4. The number of primary amides is 1. The van der Waals surface area contributed by atoms with Crippen LogP contribution >= 0.6 is 0 Å². The fourth-order valence-electron chi connectivity index (χ4n) is 2.27. The summed E-state index contributed by atoms with van der Waals surface area (Å²) in [5, 5.41) is 12.2. The minimum Gasteiger partial charge on any atom is -0.370 e. The molecule has 5 heteroatoms. The number of rotatable bonds is 8. The lowest BCUT2D eigenvalue weighted by Gasteiger charge is -2.31. The van der Waals surface area contributed by atoms with Crippen LogP contribution in [-0.2, 0) is 9.59 Å². The Morgan fingerprint density at radius 2 is 1.68 bits per heavy atom. The van der Waals surface area contributed by atoms with Crippen molar-refractivity contribution in [1.29, 1.82) is 5.26 Å². The molecule has 0 heterocycles. The highest BCUT2D eigenvalue weighted by molar-refractivity contribution is 5.86. The van der Waals surface area contributed by atoms with Gasteiger partial charge in [0.25, 0.3) is 0 Å². The standard InChI is InChI=1S/C14H25N3O2/c1-5-7-14(10-15,8-6-2)12(19)17-13(3,4)9-11(16)18/h5-9H2,1-4H3,(H2,16,18)(H,17,19). The fourth-order valence-corrected chi connectivity index (χ4v) is 2.27. The van der Waals surface area contributed by atoms with Crippen LogP contribution in [-0.4, -0.2) is 17.4 Å². The first-order valence-electron chi connectivity index (χ1n) is 6.75. The van der Waals surface area contributed by atoms with Crippen LogP contribution in [0.15, 0.2) is 0 Å². The molecule has 0 unspecified atom stereocenters. The van der Waals surface area contributed by atoms with Gasteiger partial charge >= 0.3 is 0 Å². The van der Waals surface area contributed by atoms with E-state index in [1.165, 1.54) is 0 Å². The fraction of sp³-hybridized carbons (Fsp3) is 0.786. The van der Waals surface area contributed by atoms with E-state index in [2.05, 4.69) is 11.4 Å². The van der Waals surface area contributed by atoms with Crippen molar-refractivity contribution in [1.82, 2.24) is 5.32 Å². The van der Waals surface area contributed by atoms with Crippen molar-refractivity contribution in [3.8, 4) is 6.07 Å². The van der Waals surface area contributed by atoms with Gasteiger partial charge in [0, 0.05) is 12.0 Å². The Balaban J connectivity index is 5.02. The molecular formula is C14H25N3O2. The van der Waals surface area contributed by atoms with Crippen LogP contribution in [0, 0.1) is 16.7 Å². The first kappa shape index (κ1) is 17.4. The van der Waals surface area contributed by atoms with Crippen molar-refractivity contribution >= 4 is 11.8 Å². The Hall–Kier alpha value is -1.57. The highest BCUT2D eigenvalue weighted by Crippen LogP contribution is 2.30. The average Bonchev–Trinajstić information content (AvgIpc) is 2.25. The number of hydrogen-bond acceptors (Lipinski definition) is 3. The van der Waals surface area contributed by atoms with Gasteiger partial charge in [-0.2, -0.15) is 5.26 Å². The molecule has 0 saturated heterocycles. The zero-order chi connectivity index (χ0) is 15.1. The van der Waals surface area contributed by atoms with Crippen molar-refractivity contribution in [2.45, 2.75) is 65.3 Å². The maximum Gasteiger partial charge on any atom is 0.240 e. The summed E-state index contributed by atoms with van der Waals surface area (Å²) in [6.45, 7) is 7.36. The van der Waals surface area contributed by atoms with Crippen LogP contribution < -0.4 is 11.1 Å². The van der Waals surface area contributed by atoms with Crippen molar-refractivity contribution in [3.05, 3.63) is 0 Å². The third-order valence-electron chi connectivity index (χ3n) is 3.07. The molecule has 0 aromatic heterocycles. The number of amides is 2. The third kappa shape index (κ3) is 5.29. The van der Waals surface area contributed by atoms with Crippen LogP contribution in [0.3, 0.4) is 0 Å². The van der Waals surface area contributed by atoms with E-state index in [1.54, 1.807) is 13.8 Å². The average molecular weight is 267 g/mol. The number of nitrogens with one attached hydrogen (secondary N) is 1. The summed E-state index contributed by atoms with van der Waals surface area (Å²) in [5.41, 5.74) is 3.43. The summed E-state index contributed by atoms with van der Waals surface area (Å²) in [5.74, 6) is -0.774. The normalized spacial score (nSPS) is 11.7. The van der Waals surface area contributed by atoms with Gasteiger partial charge in [-0.25, -0.2) is 0 Å². The number of nitrogens with zero attached hydrogens (tertiary/aromatic N) is 1. The second kappa shape index (κ2) is 7.13. The SMILES string of the molecule is CCCC(C#N)(CCC)C(=O)NC(C)(C)CC(N)=O. The highest BCUT2D eigenvalue weighted by atomic mass is 16.2. The van der Waals surface area contributed by atoms with E-state index in [0.717, 1.165) is 12.8 Å². The lowest BCUT2D eigenvalue weighted by molar-refractivity contribution is -0.131. The second-order valence-corrected chi connectivity index (χ2v) is 5.68. The van der Waals surface area contributed by atoms with Gasteiger partial charge in [0.2, 0.25) is 11.8 Å². The maximum absolute atomic E-state index is 12.4. The minimum atomic E-state index is -1.00. The molecule has 108 valence electrons. The first-order chi connectivity index (χ1) is 8.73. The Morgan fingerprint density at radius 1 is 1.21 bits per heavy atom. The molecule has 0 rings (SSSR count). The molecule has 0 radical (unpaired) electrons. The van der Waals surface area contributed by atoms with Gasteiger partial charge in [-0.05, 0) is 26.7 Å². The summed E-state index contributed by atoms with van der Waals surface area (Å²) in [4.78, 5) is 23.4. The van der Waals surface area contributed by atoms with E-state index in [1.807, 2.05) is 13.8 Å². The largest absolute Gasteiger partial charge is 0.370 e. The quantitative estimate of drug-likeness (QED) is 0.702. The van der Waals surface area contributed by atoms with E-state index in [9.17, 15) is 14.9 Å². The summed E-state index contributed by atoms with van der Waals surface area (Å²) in [7, 11) is 0. The van der Waals surface area contributed by atoms with Crippen LogP contribution in [0.4, 0.5) is 0 Å². The van der Waals surface area contributed by atoms with Crippen molar-refractivity contribution in [2.75, 3.05) is 0 Å². The molecule has 0 fully saturated rings. The van der Waals surface area contributed by atoms with E-state index < -0.39 is 16.9 Å². The molecule has 3 N–H and O–H groups in total. The van der Waals surface area contributed by atoms with E-state index in [0.29, 0.717) is 12.8 Å². The Morgan fingerprint density at radius 3 is 2.00 bits per heavy atom. The number of nitriles is 1. The number of carbonyl (C=O) groups is 2. The highest BCUT2D eigenvalue weighted by Gasteiger charge is 2.39.